The minimum absolute atomic E-state index is 0.0685. The summed E-state index contributed by atoms with van der Waals surface area (Å²) in [6, 6.07) is 12.6. The average Bonchev–Trinajstić information content (AvgIpc) is 2.98. The zero-order chi connectivity index (χ0) is 15.8. The van der Waals surface area contributed by atoms with Crippen molar-refractivity contribution in [1.29, 1.82) is 0 Å². The molecule has 0 amide bonds. The molecule has 0 bridgehead atoms. The first-order valence-electron chi connectivity index (χ1n) is 7.76. The van der Waals surface area contributed by atoms with Crippen LogP contribution in [0.2, 0.25) is 0 Å². The lowest BCUT2D eigenvalue weighted by molar-refractivity contribution is 0.282. The summed E-state index contributed by atoms with van der Waals surface area (Å²) in [4.78, 5) is 4.78. The number of aryl methyl sites for hydroxylation is 1. The van der Waals surface area contributed by atoms with Gasteiger partial charge in [-0.1, -0.05) is 12.1 Å². The normalized spacial score (nSPS) is 20.4. The van der Waals surface area contributed by atoms with Gasteiger partial charge in [0, 0.05) is 22.5 Å². The van der Waals surface area contributed by atoms with Gasteiger partial charge in [-0.15, -0.1) is 0 Å². The van der Waals surface area contributed by atoms with Gasteiger partial charge in [0.2, 0.25) is 0 Å². The first-order valence-corrected chi connectivity index (χ1v) is 7.76. The van der Waals surface area contributed by atoms with E-state index in [2.05, 4.69) is 11.4 Å². The first kappa shape index (κ1) is 13.9. The van der Waals surface area contributed by atoms with E-state index >= 15 is 0 Å². The van der Waals surface area contributed by atoms with Crippen molar-refractivity contribution in [1.82, 2.24) is 0 Å². The number of anilines is 2. The number of rotatable bonds is 2. The molecule has 0 aromatic heterocycles. The monoisotopic (exact) mass is 309 g/mol. The zero-order valence-corrected chi connectivity index (χ0v) is 13.0. The number of methoxy groups -OCH3 is 1. The van der Waals surface area contributed by atoms with Gasteiger partial charge in [-0.3, -0.25) is 0 Å². The molecule has 1 aliphatic heterocycles. The number of hydrogen-bond acceptors (Lipinski definition) is 4. The van der Waals surface area contributed by atoms with Gasteiger partial charge in [0.25, 0.3) is 6.02 Å². The Kier molecular flexibility index (Phi) is 3.33. The Labute approximate surface area is 135 Å². The third kappa shape index (κ3) is 2.48. The van der Waals surface area contributed by atoms with E-state index in [1.165, 1.54) is 11.1 Å². The van der Waals surface area contributed by atoms with Gasteiger partial charge in [-0.05, 0) is 42.7 Å². The second kappa shape index (κ2) is 5.50. The molecule has 118 valence electrons. The molecule has 1 unspecified atom stereocenters. The van der Waals surface area contributed by atoms with E-state index < -0.39 is 0 Å². The van der Waals surface area contributed by atoms with Gasteiger partial charge in [-0.2, -0.15) is 0 Å². The van der Waals surface area contributed by atoms with Crippen LogP contribution in [0.1, 0.15) is 29.2 Å². The molecule has 4 rings (SSSR count). The Morgan fingerprint density at radius 2 is 2.17 bits per heavy atom. The van der Waals surface area contributed by atoms with E-state index in [1.54, 1.807) is 7.11 Å². The maximum Gasteiger partial charge on any atom is 0.290 e. The van der Waals surface area contributed by atoms with Crippen molar-refractivity contribution < 1.29 is 9.47 Å². The van der Waals surface area contributed by atoms with Crippen molar-refractivity contribution in [3.63, 3.8) is 0 Å². The van der Waals surface area contributed by atoms with Crippen LogP contribution < -0.4 is 15.8 Å². The minimum Gasteiger partial charge on any atom is -0.496 e. The van der Waals surface area contributed by atoms with Gasteiger partial charge in [0.15, 0.2) is 0 Å². The number of nitrogens with two attached hydrogens (primary N) is 1. The van der Waals surface area contributed by atoms with Crippen molar-refractivity contribution in [2.75, 3.05) is 18.2 Å². The van der Waals surface area contributed by atoms with Crippen LogP contribution in [0.5, 0.6) is 5.75 Å². The molecule has 0 fully saturated rings. The van der Waals surface area contributed by atoms with E-state index in [0.717, 1.165) is 35.5 Å². The number of benzene rings is 2. The molecule has 3 N–H and O–H groups in total. The molecular weight excluding hydrogens is 290 g/mol. The second-order valence-corrected chi connectivity index (χ2v) is 5.85. The van der Waals surface area contributed by atoms with E-state index in [-0.39, 0.29) is 6.04 Å². The van der Waals surface area contributed by atoms with Gasteiger partial charge in [0.05, 0.1) is 13.2 Å². The molecular formula is C18H19N3O2. The number of ether oxygens (including phenoxy) is 2. The third-order valence-corrected chi connectivity index (χ3v) is 4.41. The highest BCUT2D eigenvalue weighted by Crippen LogP contribution is 2.40. The number of hydrogen-bond donors (Lipinski definition) is 2. The van der Waals surface area contributed by atoms with Gasteiger partial charge in [0.1, 0.15) is 12.4 Å². The lowest BCUT2D eigenvalue weighted by atomic mass is 10.1. The highest BCUT2D eigenvalue weighted by molar-refractivity contribution is 5.92. The fourth-order valence-corrected chi connectivity index (χ4v) is 3.29. The topological polar surface area (TPSA) is 68.9 Å². The van der Waals surface area contributed by atoms with Crippen molar-refractivity contribution in [2.45, 2.75) is 25.5 Å². The Morgan fingerprint density at radius 1 is 1.26 bits per heavy atom. The van der Waals surface area contributed by atoms with Gasteiger partial charge in [-0.25, -0.2) is 4.99 Å². The van der Waals surface area contributed by atoms with Gasteiger partial charge >= 0.3 is 0 Å². The number of fused-ring (bicyclic) bond motifs is 2. The molecule has 5 nitrogen and oxygen atoms in total. The Balaban J connectivity index is 1.63. The summed E-state index contributed by atoms with van der Waals surface area (Å²) in [5.74, 6) is 0.901. The van der Waals surface area contributed by atoms with Crippen LogP contribution in [0.3, 0.4) is 0 Å². The molecule has 0 saturated carbocycles. The zero-order valence-electron chi connectivity index (χ0n) is 13.0. The van der Waals surface area contributed by atoms with Crippen molar-refractivity contribution in [3.05, 3.63) is 53.1 Å². The van der Waals surface area contributed by atoms with Crippen LogP contribution in [0.25, 0.3) is 0 Å². The van der Waals surface area contributed by atoms with E-state index in [0.29, 0.717) is 12.6 Å². The Hall–Kier alpha value is -2.69. The fourth-order valence-electron chi connectivity index (χ4n) is 3.29. The quantitative estimate of drug-likeness (QED) is 0.835. The first-order chi connectivity index (χ1) is 11.2. The minimum atomic E-state index is 0.0685. The van der Waals surface area contributed by atoms with Crippen LogP contribution in [-0.2, 0) is 17.8 Å². The van der Waals surface area contributed by atoms with E-state index in [4.69, 9.17) is 20.2 Å². The summed E-state index contributed by atoms with van der Waals surface area (Å²) in [5, 5.41) is 3.25. The van der Waals surface area contributed by atoms with Crippen molar-refractivity contribution >= 4 is 17.4 Å². The van der Waals surface area contributed by atoms with Gasteiger partial charge < -0.3 is 20.5 Å². The van der Waals surface area contributed by atoms with Crippen LogP contribution in [0, 0.1) is 0 Å². The SMILES string of the molecule is COc1cccc2c1C(N=C1Nc3ccc(N)cc3CO1)CC2. The summed E-state index contributed by atoms with van der Waals surface area (Å²) < 4.78 is 11.3. The maximum atomic E-state index is 5.81. The highest BCUT2D eigenvalue weighted by atomic mass is 16.5. The van der Waals surface area contributed by atoms with Crippen LogP contribution in [0.4, 0.5) is 11.4 Å². The summed E-state index contributed by atoms with van der Waals surface area (Å²) >= 11 is 0. The maximum absolute atomic E-state index is 5.81. The summed E-state index contributed by atoms with van der Waals surface area (Å²) in [6.45, 7) is 0.484. The van der Waals surface area contributed by atoms with Crippen molar-refractivity contribution in [2.24, 2.45) is 4.99 Å². The van der Waals surface area contributed by atoms with Crippen LogP contribution >= 0.6 is 0 Å². The number of nitrogens with one attached hydrogen (secondary N) is 1. The molecule has 0 radical (unpaired) electrons. The Bertz CT molecular complexity index is 786. The molecule has 0 saturated heterocycles. The molecule has 2 aromatic rings. The number of nitrogen functional groups attached to an aromatic ring is 1. The highest BCUT2D eigenvalue weighted by Gasteiger charge is 2.27. The van der Waals surface area contributed by atoms with Crippen molar-refractivity contribution in [3.8, 4) is 5.75 Å². The molecule has 2 aromatic carbocycles. The summed E-state index contributed by atoms with van der Waals surface area (Å²) in [6.07, 6.45) is 1.99. The average molecular weight is 309 g/mol. The molecule has 23 heavy (non-hydrogen) atoms. The lowest BCUT2D eigenvalue weighted by Crippen LogP contribution is -2.23. The largest absolute Gasteiger partial charge is 0.496 e. The second-order valence-electron chi connectivity index (χ2n) is 5.85. The van der Waals surface area contributed by atoms with E-state index in [9.17, 15) is 0 Å². The summed E-state index contributed by atoms with van der Waals surface area (Å²) in [5.41, 5.74) is 11.1. The molecule has 1 aliphatic carbocycles. The fraction of sp³-hybridized carbons (Fsp3) is 0.278. The van der Waals surface area contributed by atoms with Crippen LogP contribution in [-0.4, -0.2) is 13.1 Å². The summed E-state index contributed by atoms with van der Waals surface area (Å²) in [7, 11) is 1.70. The van der Waals surface area contributed by atoms with Crippen LogP contribution in [0.15, 0.2) is 41.4 Å². The molecule has 2 aliphatic rings. The molecule has 1 heterocycles. The molecule has 0 spiro atoms. The number of aliphatic imine (C=N–C) groups is 1. The predicted octanol–water partition coefficient (Wildman–Crippen LogP) is 3.26. The lowest BCUT2D eigenvalue weighted by Gasteiger charge is -2.22. The number of amidine groups is 1. The molecule has 5 heteroatoms. The molecule has 1 atom stereocenters. The van der Waals surface area contributed by atoms with E-state index in [1.807, 2.05) is 30.3 Å². The smallest absolute Gasteiger partial charge is 0.290 e. The third-order valence-electron chi connectivity index (χ3n) is 4.41. The standard InChI is InChI=1S/C18H19N3O2/c1-22-16-4-2-3-11-5-7-15(17(11)16)21-18-20-14-8-6-13(19)9-12(14)10-23-18/h2-4,6,8-9,15H,5,7,10,19H2,1H3,(H,20,21). The predicted molar refractivity (Wildman–Crippen MR) is 90.8 cm³/mol. The number of nitrogens with zero attached hydrogens (tertiary/aromatic N) is 1. The Morgan fingerprint density at radius 3 is 3.04 bits per heavy atom.